The van der Waals surface area contributed by atoms with Gasteiger partial charge in [0.1, 0.15) is 0 Å². The molecule has 0 fully saturated rings. The third kappa shape index (κ3) is 4.57. The summed E-state index contributed by atoms with van der Waals surface area (Å²) < 4.78 is 0. The van der Waals surface area contributed by atoms with E-state index in [0.29, 0.717) is 6.42 Å². The van der Waals surface area contributed by atoms with Crippen LogP contribution in [0.2, 0.25) is 0 Å². The second kappa shape index (κ2) is 5.32. The van der Waals surface area contributed by atoms with Gasteiger partial charge in [-0.05, 0) is 38.8 Å². The molecule has 1 aromatic rings. The van der Waals surface area contributed by atoms with Crippen LogP contribution in [0.15, 0.2) is 24.3 Å². The highest BCUT2D eigenvalue weighted by molar-refractivity contribution is 5.77. The van der Waals surface area contributed by atoms with Crippen molar-refractivity contribution in [3.8, 4) is 0 Å². The standard InChI is InChI=1S/C14H22N2O/c1-10-7-5-6-8-12(10)11(2)16-13(17)9-14(3,4)15/h5-8,11H,9,15H2,1-4H3,(H,16,17). The van der Waals surface area contributed by atoms with Gasteiger partial charge in [0.2, 0.25) is 5.91 Å². The average molecular weight is 234 g/mol. The lowest BCUT2D eigenvalue weighted by atomic mass is 10.00. The van der Waals surface area contributed by atoms with Crippen molar-refractivity contribution >= 4 is 5.91 Å². The maximum Gasteiger partial charge on any atom is 0.222 e. The van der Waals surface area contributed by atoms with E-state index in [-0.39, 0.29) is 11.9 Å². The zero-order chi connectivity index (χ0) is 13.1. The molecule has 3 N–H and O–H groups in total. The molecule has 0 aliphatic carbocycles. The number of carbonyl (C=O) groups is 1. The SMILES string of the molecule is Cc1ccccc1C(C)NC(=O)CC(C)(C)N. The molecular weight excluding hydrogens is 212 g/mol. The van der Waals surface area contributed by atoms with Crippen LogP contribution in [0.4, 0.5) is 0 Å². The lowest BCUT2D eigenvalue weighted by Crippen LogP contribution is -2.39. The summed E-state index contributed by atoms with van der Waals surface area (Å²) in [4.78, 5) is 11.8. The summed E-state index contributed by atoms with van der Waals surface area (Å²) in [6, 6.07) is 8.08. The number of amides is 1. The van der Waals surface area contributed by atoms with E-state index in [1.165, 1.54) is 5.56 Å². The number of hydrogen-bond donors (Lipinski definition) is 2. The van der Waals surface area contributed by atoms with Crippen molar-refractivity contribution in [2.75, 3.05) is 0 Å². The molecule has 0 aromatic heterocycles. The molecule has 0 aliphatic heterocycles. The molecule has 1 unspecified atom stereocenters. The fraction of sp³-hybridized carbons (Fsp3) is 0.500. The summed E-state index contributed by atoms with van der Waals surface area (Å²) in [7, 11) is 0. The van der Waals surface area contributed by atoms with Gasteiger partial charge >= 0.3 is 0 Å². The summed E-state index contributed by atoms with van der Waals surface area (Å²) in [5.41, 5.74) is 7.69. The Morgan fingerprint density at radius 2 is 2.00 bits per heavy atom. The average Bonchev–Trinajstić information content (AvgIpc) is 2.14. The van der Waals surface area contributed by atoms with E-state index in [9.17, 15) is 4.79 Å². The fourth-order valence-corrected chi connectivity index (χ4v) is 1.86. The van der Waals surface area contributed by atoms with Gasteiger partial charge in [0, 0.05) is 12.0 Å². The number of rotatable bonds is 4. The van der Waals surface area contributed by atoms with Gasteiger partial charge in [0.25, 0.3) is 0 Å². The second-order valence-corrected chi connectivity index (χ2v) is 5.31. The smallest absolute Gasteiger partial charge is 0.222 e. The highest BCUT2D eigenvalue weighted by Gasteiger charge is 2.18. The highest BCUT2D eigenvalue weighted by Crippen LogP contribution is 2.17. The topological polar surface area (TPSA) is 55.1 Å². The van der Waals surface area contributed by atoms with Crippen LogP contribution in [0.25, 0.3) is 0 Å². The van der Waals surface area contributed by atoms with E-state index in [2.05, 4.69) is 5.32 Å². The van der Waals surface area contributed by atoms with Crippen LogP contribution in [-0.2, 0) is 4.79 Å². The first-order chi connectivity index (χ1) is 7.79. The molecular formula is C14H22N2O. The Kier molecular flexibility index (Phi) is 4.29. The van der Waals surface area contributed by atoms with Gasteiger partial charge in [-0.15, -0.1) is 0 Å². The van der Waals surface area contributed by atoms with Crippen molar-refractivity contribution in [2.45, 2.75) is 45.7 Å². The third-order valence-electron chi connectivity index (χ3n) is 2.65. The van der Waals surface area contributed by atoms with Crippen molar-refractivity contribution in [2.24, 2.45) is 5.73 Å². The molecule has 0 radical (unpaired) electrons. The lowest BCUT2D eigenvalue weighted by Gasteiger charge is -2.21. The first-order valence-corrected chi connectivity index (χ1v) is 5.93. The molecule has 1 rings (SSSR count). The largest absolute Gasteiger partial charge is 0.350 e. The Hall–Kier alpha value is -1.35. The molecule has 0 aliphatic rings. The number of aryl methyl sites for hydroxylation is 1. The van der Waals surface area contributed by atoms with Crippen molar-refractivity contribution in [3.63, 3.8) is 0 Å². The second-order valence-electron chi connectivity index (χ2n) is 5.31. The van der Waals surface area contributed by atoms with Gasteiger partial charge < -0.3 is 11.1 Å². The molecule has 1 atom stereocenters. The summed E-state index contributed by atoms with van der Waals surface area (Å²) in [6.45, 7) is 7.74. The van der Waals surface area contributed by atoms with Crippen LogP contribution in [0, 0.1) is 6.92 Å². The maximum atomic E-state index is 11.8. The first-order valence-electron chi connectivity index (χ1n) is 5.93. The Bertz CT molecular complexity index is 393. The summed E-state index contributed by atoms with van der Waals surface area (Å²) in [5.74, 6) is -0.00625. The van der Waals surface area contributed by atoms with Crippen molar-refractivity contribution in [3.05, 3.63) is 35.4 Å². The van der Waals surface area contributed by atoms with Gasteiger partial charge in [0.05, 0.1) is 6.04 Å². The summed E-state index contributed by atoms with van der Waals surface area (Å²) in [5, 5.41) is 2.97. The van der Waals surface area contributed by atoms with Crippen molar-refractivity contribution < 1.29 is 4.79 Å². The molecule has 3 heteroatoms. The molecule has 0 saturated carbocycles. The molecule has 3 nitrogen and oxygen atoms in total. The molecule has 1 aromatic carbocycles. The van der Waals surface area contributed by atoms with E-state index >= 15 is 0 Å². The molecule has 0 heterocycles. The zero-order valence-corrected chi connectivity index (χ0v) is 11.1. The van der Waals surface area contributed by atoms with Crippen LogP contribution in [0.1, 0.15) is 44.4 Å². The van der Waals surface area contributed by atoms with Crippen molar-refractivity contribution in [1.29, 1.82) is 0 Å². The highest BCUT2D eigenvalue weighted by atomic mass is 16.1. The molecule has 1 amide bonds. The number of benzene rings is 1. The normalized spacial score (nSPS) is 13.2. The van der Waals surface area contributed by atoms with E-state index < -0.39 is 5.54 Å². The summed E-state index contributed by atoms with van der Waals surface area (Å²) in [6.07, 6.45) is 0.337. The van der Waals surface area contributed by atoms with Crippen LogP contribution >= 0.6 is 0 Å². The minimum absolute atomic E-state index is 0.00625. The Morgan fingerprint density at radius 3 is 2.53 bits per heavy atom. The van der Waals surface area contributed by atoms with E-state index in [1.807, 2.05) is 52.0 Å². The number of nitrogens with one attached hydrogen (secondary N) is 1. The van der Waals surface area contributed by atoms with Crippen LogP contribution in [0.5, 0.6) is 0 Å². The van der Waals surface area contributed by atoms with Gasteiger partial charge in [-0.2, -0.15) is 0 Å². The Balaban J connectivity index is 2.64. The number of carbonyl (C=O) groups excluding carboxylic acids is 1. The predicted octanol–water partition coefficient (Wildman–Crippen LogP) is 2.30. The zero-order valence-electron chi connectivity index (χ0n) is 11.1. The van der Waals surface area contributed by atoms with E-state index in [4.69, 9.17) is 5.73 Å². The molecule has 0 bridgehead atoms. The van der Waals surface area contributed by atoms with Gasteiger partial charge in [-0.3, -0.25) is 4.79 Å². The van der Waals surface area contributed by atoms with Crippen LogP contribution in [-0.4, -0.2) is 11.4 Å². The fourth-order valence-electron chi connectivity index (χ4n) is 1.86. The monoisotopic (exact) mass is 234 g/mol. The predicted molar refractivity (Wildman–Crippen MR) is 70.6 cm³/mol. The third-order valence-corrected chi connectivity index (χ3v) is 2.65. The van der Waals surface area contributed by atoms with Crippen LogP contribution < -0.4 is 11.1 Å². The number of hydrogen-bond acceptors (Lipinski definition) is 2. The molecule has 0 spiro atoms. The maximum absolute atomic E-state index is 11.8. The quantitative estimate of drug-likeness (QED) is 0.840. The van der Waals surface area contributed by atoms with Gasteiger partial charge in [0.15, 0.2) is 0 Å². The van der Waals surface area contributed by atoms with Gasteiger partial charge in [-0.25, -0.2) is 0 Å². The number of nitrogens with two attached hydrogens (primary N) is 1. The molecule has 94 valence electrons. The Labute approximate surface area is 103 Å². The molecule has 0 saturated heterocycles. The van der Waals surface area contributed by atoms with Crippen molar-refractivity contribution in [1.82, 2.24) is 5.32 Å². The summed E-state index contributed by atoms with van der Waals surface area (Å²) >= 11 is 0. The van der Waals surface area contributed by atoms with E-state index in [0.717, 1.165) is 5.56 Å². The first kappa shape index (κ1) is 13.7. The minimum atomic E-state index is -0.463. The minimum Gasteiger partial charge on any atom is -0.350 e. The van der Waals surface area contributed by atoms with Crippen LogP contribution in [0.3, 0.4) is 0 Å². The lowest BCUT2D eigenvalue weighted by molar-refractivity contribution is -0.122. The van der Waals surface area contributed by atoms with Gasteiger partial charge in [-0.1, -0.05) is 24.3 Å². The molecule has 17 heavy (non-hydrogen) atoms. The van der Waals surface area contributed by atoms with E-state index in [1.54, 1.807) is 0 Å². The Morgan fingerprint density at radius 1 is 1.41 bits per heavy atom.